The predicted octanol–water partition coefficient (Wildman–Crippen LogP) is 21.8. The Labute approximate surface area is 454 Å². The minimum absolute atomic E-state index is 0.0774. The molecule has 0 aromatic rings. The van der Waals surface area contributed by atoms with Crippen LogP contribution >= 0.6 is 0 Å². The first-order chi connectivity index (χ1) is 36.0. The van der Waals surface area contributed by atoms with Crippen LogP contribution in [0.5, 0.6) is 0 Å². The van der Waals surface area contributed by atoms with Crippen molar-refractivity contribution in [3.8, 4) is 0 Å². The summed E-state index contributed by atoms with van der Waals surface area (Å²) in [6.07, 6.45) is 76.9. The molecule has 0 aromatic heterocycles. The second-order valence-electron chi connectivity index (χ2n) is 21.7. The average molecular weight is 1020 g/mol. The minimum Gasteiger partial charge on any atom is -0.462 e. The summed E-state index contributed by atoms with van der Waals surface area (Å²) in [5.74, 6) is -0.878. The van der Waals surface area contributed by atoms with Crippen molar-refractivity contribution in [2.24, 2.45) is 0 Å². The number of esters is 3. The van der Waals surface area contributed by atoms with Gasteiger partial charge in [0.2, 0.25) is 0 Å². The zero-order valence-electron chi connectivity index (χ0n) is 48.9. The molecule has 1 atom stereocenters. The van der Waals surface area contributed by atoms with Gasteiger partial charge >= 0.3 is 17.9 Å². The molecule has 6 heteroatoms. The van der Waals surface area contributed by atoms with E-state index in [1.165, 1.54) is 218 Å². The summed E-state index contributed by atoms with van der Waals surface area (Å²) < 4.78 is 16.9. The number of ether oxygens (including phenoxy) is 3. The van der Waals surface area contributed by atoms with Crippen molar-refractivity contribution in [3.05, 3.63) is 48.6 Å². The van der Waals surface area contributed by atoms with Gasteiger partial charge in [-0.1, -0.05) is 275 Å². The Bertz CT molecular complexity index is 1270. The van der Waals surface area contributed by atoms with Gasteiger partial charge in [-0.2, -0.15) is 0 Å². The molecular weight excluding hydrogens is 901 g/mol. The van der Waals surface area contributed by atoms with E-state index in [0.29, 0.717) is 19.3 Å². The highest BCUT2D eigenvalue weighted by atomic mass is 16.6. The molecule has 0 N–H and O–H groups in total. The third-order valence-corrected chi connectivity index (χ3v) is 14.3. The fraction of sp³-hybridized carbons (Fsp3) is 0.836. The van der Waals surface area contributed by atoms with Crippen LogP contribution in [0.15, 0.2) is 48.6 Å². The quantitative estimate of drug-likeness (QED) is 0.0261. The van der Waals surface area contributed by atoms with Gasteiger partial charge < -0.3 is 14.2 Å². The summed E-state index contributed by atoms with van der Waals surface area (Å²) in [5.41, 5.74) is 0. The zero-order valence-corrected chi connectivity index (χ0v) is 48.9. The fourth-order valence-electron chi connectivity index (χ4n) is 9.41. The molecule has 6 nitrogen and oxygen atoms in total. The molecule has 426 valence electrons. The molecule has 1 unspecified atom stereocenters. The number of rotatable bonds is 59. The van der Waals surface area contributed by atoms with Crippen LogP contribution in [0.3, 0.4) is 0 Å². The third kappa shape index (κ3) is 60.1. The number of carbonyl (C=O) groups is 3. The lowest BCUT2D eigenvalue weighted by molar-refractivity contribution is -0.167. The molecule has 0 aliphatic carbocycles. The van der Waals surface area contributed by atoms with Gasteiger partial charge in [-0.3, -0.25) is 14.4 Å². The Morgan fingerprint density at radius 1 is 0.274 bits per heavy atom. The molecule has 0 bridgehead atoms. The number of unbranched alkanes of at least 4 members (excludes halogenated alkanes) is 40. The first-order valence-electron chi connectivity index (χ1n) is 32.1. The van der Waals surface area contributed by atoms with E-state index in [0.717, 1.165) is 83.5 Å². The SMILES string of the molecule is CCC/C=C\C/C=C\CCCCCCCC(=O)OCC(COC(=O)CCCCCCCCCCC/C=C\CCCCCCCCCC)OC(=O)CCCCCCCCCCC/C=C\CCCCCCCCCC. The van der Waals surface area contributed by atoms with E-state index in [1.54, 1.807) is 0 Å². The van der Waals surface area contributed by atoms with Crippen molar-refractivity contribution < 1.29 is 28.6 Å². The van der Waals surface area contributed by atoms with Crippen LogP contribution in [0.4, 0.5) is 0 Å². The normalized spacial score (nSPS) is 12.3. The molecule has 73 heavy (non-hydrogen) atoms. The van der Waals surface area contributed by atoms with Crippen molar-refractivity contribution in [1.29, 1.82) is 0 Å². The highest BCUT2D eigenvalue weighted by Crippen LogP contribution is 2.17. The molecule has 0 heterocycles. The van der Waals surface area contributed by atoms with E-state index in [1.807, 2.05) is 0 Å². The van der Waals surface area contributed by atoms with Crippen molar-refractivity contribution >= 4 is 17.9 Å². The van der Waals surface area contributed by atoms with Crippen molar-refractivity contribution in [3.63, 3.8) is 0 Å². The topological polar surface area (TPSA) is 78.9 Å². The van der Waals surface area contributed by atoms with Crippen LogP contribution in [0.2, 0.25) is 0 Å². The maximum absolute atomic E-state index is 12.9. The molecule has 0 rings (SSSR count). The molecule has 0 fully saturated rings. The molecule has 0 aliphatic heterocycles. The highest BCUT2D eigenvalue weighted by molar-refractivity contribution is 5.71. The summed E-state index contributed by atoms with van der Waals surface area (Å²) in [4.78, 5) is 38.3. The van der Waals surface area contributed by atoms with Gasteiger partial charge in [0, 0.05) is 19.3 Å². The predicted molar refractivity (Wildman–Crippen MR) is 316 cm³/mol. The molecule has 0 spiro atoms. The second-order valence-corrected chi connectivity index (χ2v) is 21.7. The van der Waals surface area contributed by atoms with E-state index in [2.05, 4.69) is 69.4 Å². The van der Waals surface area contributed by atoms with E-state index >= 15 is 0 Å². The van der Waals surface area contributed by atoms with Crippen LogP contribution in [-0.2, 0) is 28.6 Å². The van der Waals surface area contributed by atoms with E-state index in [9.17, 15) is 14.4 Å². The molecule has 0 saturated heterocycles. The highest BCUT2D eigenvalue weighted by Gasteiger charge is 2.19. The number of hydrogen-bond donors (Lipinski definition) is 0. The van der Waals surface area contributed by atoms with Crippen molar-refractivity contribution in [2.75, 3.05) is 13.2 Å². The summed E-state index contributed by atoms with van der Waals surface area (Å²) in [5, 5.41) is 0. The van der Waals surface area contributed by atoms with Gasteiger partial charge in [0.05, 0.1) is 0 Å². The van der Waals surface area contributed by atoms with Crippen LogP contribution in [0.25, 0.3) is 0 Å². The first kappa shape index (κ1) is 70.4. The molecule has 0 aromatic carbocycles. The zero-order chi connectivity index (χ0) is 52.9. The number of allylic oxidation sites excluding steroid dienone is 8. The van der Waals surface area contributed by atoms with Crippen LogP contribution < -0.4 is 0 Å². The lowest BCUT2D eigenvalue weighted by atomic mass is 10.1. The monoisotopic (exact) mass is 1020 g/mol. The summed E-state index contributed by atoms with van der Waals surface area (Å²) in [6, 6.07) is 0. The smallest absolute Gasteiger partial charge is 0.306 e. The fourth-order valence-corrected chi connectivity index (χ4v) is 9.41. The van der Waals surface area contributed by atoms with Gasteiger partial charge in [-0.05, 0) is 96.3 Å². The van der Waals surface area contributed by atoms with Gasteiger partial charge in [0.25, 0.3) is 0 Å². The summed E-state index contributed by atoms with van der Waals surface area (Å²) in [7, 11) is 0. The van der Waals surface area contributed by atoms with Gasteiger partial charge in [-0.15, -0.1) is 0 Å². The van der Waals surface area contributed by atoms with Crippen molar-refractivity contribution in [2.45, 2.75) is 348 Å². The largest absolute Gasteiger partial charge is 0.462 e. The number of carbonyl (C=O) groups excluding carboxylic acids is 3. The lowest BCUT2D eigenvalue weighted by Gasteiger charge is -2.18. The third-order valence-electron chi connectivity index (χ3n) is 14.3. The average Bonchev–Trinajstić information content (AvgIpc) is 3.39. The maximum atomic E-state index is 12.9. The van der Waals surface area contributed by atoms with E-state index < -0.39 is 6.10 Å². The van der Waals surface area contributed by atoms with E-state index in [-0.39, 0.29) is 31.1 Å². The Balaban J connectivity index is 4.31. The minimum atomic E-state index is -0.781. The Kier molecular flexibility index (Phi) is 59.7. The van der Waals surface area contributed by atoms with Gasteiger partial charge in [-0.25, -0.2) is 0 Å². The van der Waals surface area contributed by atoms with Gasteiger partial charge in [0.1, 0.15) is 13.2 Å². The maximum Gasteiger partial charge on any atom is 0.306 e. The molecule has 0 amide bonds. The molecule has 0 saturated carbocycles. The second kappa shape index (κ2) is 61.9. The van der Waals surface area contributed by atoms with Gasteiger partial charge in [0.15, 0.2) is 6.10 Å². The molecular formula is C67H122O6. The van der Waals surface area contributed by atoms with Crippen LogP contribution in [0, 0.1) is 0 Å². The first-order valence-corrected chi connectivity index (χ1v) is 32.1. The standard InChI is InChI=1S/C67H122O6/c1-4-7-10-13-16-19-22-25-27-29-31-33-35-37-39-42-45-48-51-54-57-60-66(69)72-63-64(62-71-65(68)59-56-53-50-47-44-41-24-21-18-15-12-9-6-3)73-67(70)61-58-55-52-49-46-43-40-38-36-34-32-30-28-26-23-20-17-14-11-8-5-2/h12,15,21,24,29-32,64H,4-11,13-14,16-20,22-23,25-28,33-63H2,1-3H3/b15-12-,24-21-,31-29-,32-30-. The summed E-state index contributed by atoms with van der Waals surface area (Å²) >= 11 is 0. The van der Waals surface area contributed by atoms with E-state index in [4.69, 9.17) is 14.2 Å². The van der Waals surface area contributed by atoms with Crippen LogP contribution in [0.1, 0.15) is 342 Å². The Morgan fingerprint density at radius 2 is 0.521 bits per heavy atom. The van der Waals surface area contributed by atoms with Crippen molar-refractivity contribution in [1.82, 2.24) is 0 Å². The summed E-state index contributed by atoms with van der Waals surface area (Å²) in [6.45, 7) is 6.61. The molecule has 0 radical (unpaired) electrons. The Hall–Kier alpha value is -2.63. The number of hydrogen-bond acceptors (Lipinski definition) is 6. The molecule has 0 aliphatic rings. The Morgan fingerprint density at radius 3 is 0.822 bits per heavy atom. The lowest BCUT2D eigenvalue weighted by Crippen LogP contribution is -2.30. The van der Waals surface area contributed by atoms with Crippen LogP contribution in [-0.4, -0.2) is 37.2 Å².